The highest BCUT2D eigenvalue weighted by molar-refractivity contribution is 5.36. The van der Waals surface area contributed by atoms with Gasteiger partial charge in [-0.2, -0.15) is 4.98 Å². The summed E-state index contributed by atoms with van der Waals surface area (Å²) in [5.41, 5.74) is 5.56. The molecule has 5 nitrogen and oxygen atoms in total. The van der Waals surface area contributed by atoms with Crippen molar-refractivity contribution in [2.75, 3.05) is 44.9 Å². The molecule has 0 aliphatic rings. The fourth-order valence-corrected chi connectivity index (χ4v) is 0.996. The topological polar surface area (TPSA) is 58.3 Å². The first-order valence-electron chi connectivity index (χ1n) is 4.54. The van der Waals surface area contributed by atoms with Crippen molar-refractivity contribution in [3.63, 3.8) is 0 Å². The van der Waals surface area contributed by atoms with Crippen LogP contribution in [0.5, 0.6) is 0 Å². The molecule has 0 aliphatic carbocycles. The molecular formula is C9H17N5. The Labute approximate surface area is 84.6 Å². The molecule has 14 heavy (non-hydrogen) atoms. The summed E-state index contributed by atoms with van der Waals surface area (Å²) in [6.07, 6.45) is 1.67. The van der Waals surface area contributed by atoms with Crippen molar-refractivity contribution >= 4 is 11.8 Å². The van der Waals surface area contributed by atoms with Gasteiger partial charge in [-0.3, -0.25) is 0 Å². The average molecular weight is 195 g/mol. The summed E-state index contributed by atoms with van der Waals surface area (Å²) < 4.78 is 0. The minimum absolute atomic E-state index is 0.506. The Morgan fingerprint density at radius 1 is 1.29 bits per heavy atom. The Bertz CT molecular complexity index is 286. The number of hydrogen-bond donors (Lipinski definition) is 1. The summed E-state index contributed by atoms with van der Waals surface area (Å²) in [5.74, 6) is 1.18. The normalized spacial score (nSPS) is 10.6. The van der Waals surface area contributed by atoms with Gasteiger partial charge in [0.05, 0.1) is 0 Å². The van der Waals surface area contributed by atoms with E-state index in [1.165, 1.54) is 0 Å². The number of rotatable bonds is 4. The number of anilines is 2. The fraction of sp³-hybridized carbons (Fsp3) is 0.556. The Morgan fingerprint density at radius 2 is 2.00 bits per heavy atom. The molecule has 1 rings (SSSR count). The lowest BCUT2D eigenvalue weighted by Crippen LogP contribution is -2.29. The second-order valence-corrected chi connectivity index (χ2v) is 3.51. The molecule has 0 radical (unpaired) electrons. The van der Waals surface area contributed by atoms with Crippen LogP contribution in [-0.2, 0) is 0 Å². The zero-order chi connectivity index (χ0) is 10.6. The van der Waals surface area contributed by atoms with E-state index in [9.17, 15) is 0 Å². The number of nitrogen functional groups attached to an aromatic ring is 1. The number of nitrogens with two attached hydrogens (primary N) is 1. The Hall–Kier alpha value is -1.36. The van der Waals surface area contributed by atoms with Crippen molar-refractivity contribution < 1.29 is 0 Å². The molecule has 0 spiro atoms. The predicted octanol–water partition coefficient (Wildman–Crippen LogP) is 0.0566. The van der Waals surface area contributed by atoms with Crippen molar-refractivity contribution in [1.82, 2.24) is 14.9 Å². The van der Waals surface area contributed by atoms with Crippen molar-refractivity contribution in [2.24, 2.45) is 0 Å². The third kappa shape index (κ3) is 3.18. The first kappa shape index (κ1) is 10.7. The molecule has 1 aromatic rings. The van der Waals surface area contributed by atoms with Crippen LogP contribution in [-0.4, -0.2) is 49.1 Å². The monoisotopic (exact) mass is 195 g/mol. The molecule has 5 heteroatoms. The van der Waals surface area contributed by atoms with Crippen molar-refractivity contribution in [2.45, 2.75) is 0 Å². The minimum Gasteiger partial charge on any atom is -0.384 e. The summed E-state index contributed by atoms with van der Waals surface area (Å²) in [6, 6.07) is 1.68. The molecule has 0 saturated carbocycles. The molecule has 2 N–H and O–H groups in total. The minimum atomic E-state index is 0.506. The van der Waals surface area contributed by atoms with Gasteiger partial charge >= 0.3 is 0 Å². The summed E-state index contributed by atoms with van der Waals surface area (Å²) in [7, 11) is 6.03. The molecule has 0 bridgehead atoms. The Kier molecular flexibility index (Phi) is 3.64. The van der Waals surface area contributed by atoms with E-state index < -0.39 is 0 Å². The lowest BCUT2D eigenvalue weighted by atomic mass is 10.5. The zero-order valence-electron chi connectivity index (χ0n) is 8.94. The van der Waals surface area contributed by atoms with Gasteiger partial charge in [-0.25, -0.2) is 4.98 Å². The van der Waals surface area contributed by atoms with Crippen LogP contribution in [0.3, 0.4) is 0 Å². The van der Waals surface area contributed by atoms with Gasteiger partial charge in [0.15, 0.2) is 0 Å². The highest BCUT2D eigenvalue weighted by Crippen LogP contribution is 2.05. The first-order valence-corrected chi connectivity index (χ1v) is 4.54. The third-order valence-electron chi connectivity index (χ3n) is 1.89. The second-order valence-electron chi connectivity index (χ2n) is 3.51. The molecule has 0 atom stereocenters. The van der Waals surface area contributed by atoms with E-state index in [1.54, 1.807) is 12.3 Å². The molecule has 78 valence electrons. The first-order chi connectivity index (χ1) is 6.59. The van der Waals surface area contributed by atoms with E-state index in [4.69, 9.17) is 5.73 Å². The highest BCUT2D eigenvalue weighted by atomic mass is 15.3. The quantitative estimate of drug-likeness (QED) is 0.736. The lowest BCUT2D eigenvalue weighted by Gasteiger charge is -2.19. The van der Waals surface area contributed by atoms with Crippen LogP contribution in [0.4, 0.5) is 11.8 Å². The molecule has 0 unspecified atom stereocenters. The Morgan fingerprint density at radius 3 is 2.57 bits per heavy atom. The number of hydrogen-bond acceptors (Lipinski definition) is 5. The molecule has 0 saturated heterocycles. The summed E-state index contributed by atoms with van der Waals surface area (Å²) in [5, 5.41) is 0. The lowest BCUT2D eigenvalue weighted by molar-refractivity contribution is 0.415. The molecule has 1 aromatic heterocycles. The van der Waals surface area contributed by atoms with Gasteiger partial charge < -0.3 is 15.5 Å². The van der Waals surface area contributed by atoms with Crippen molar-refractivity contribution in [1.29, 1.82) is 0 Å². The van der Waals surface area contributed by atoms with Gasteiger partial charge in [0, 0.05) is 26.3 Å². The van der Waals surface area contributed by atoms with Crippen LogP contribution in [0.1, 0.15) is 0 Å². The van der Waals surface area contributed by atoms with Crippen LogP contribution >= 0.6 is 0 Å². The van der Waals surface area contributed by atoms with Crippen LogP contribution in [0.15, 0.2) is 12.3 Å². The van der Waals surface area contributed by atoms with E-state index in [1.807, 2.05) is 26.0 Å². The second kappa shape index (κ2) is 4.76. The molecule has 0 amide bonds. The standard InChI is InChI=1S/C9H17N5/c1-13(2)6-7-14(3)9-11-5-4-8(10)12-9/h4-5H,6-7H2,1-3H3,(H2,10,11,12). The van der Waals surface area contributed by atoms with Crippen LogP contribution in [0, 0.1) is 0 Å². The summed E-state index contributed by atoms with van der Waals surface area (Å²) >= 11 is 0. The highest BCUT2D eigenvalue weighted by Gasteiger charge is 2.03. The summed E-state index contributed by atoms with van der Waals surface area (Å²) in [4.78, 5) is 12.4. The van der Waals surface area contributed by atoms with Gasteiger partial charge in [-0.15, -0.1) is 0 Å². The van der Waals surface area contributed by atoms with E-state index in [2.05, 4.69) is 14.9 Å². The van der Waals surface area contributed by atoms with Gasteiger partial charge in [0.1, 0.15) is 5.82 Å². The van der Waals surface area contributed by atoms with E-state index in [0.29, 0.717) is 11.8 Å². The van der Waals surface area contributed by atoms with Crippen molar-refractivity contribution in [3.8, 4) is 0 Å². The smallest absolute Gasteiger partial charge is 0.227 e. The maximum Gasteiger partial charge on any atom is 0.227 e. The van der Waals surface area contributed by atoms with Gasteiger partial charge in [-0.05, 0) is 20.2 Å². The maximum atomic E-state index is 5.56. The predicted molar refractivity (Wildman–Crippen MR) is 58.3 cm³/mol. The van der Waals surface area contributed by atoms with Crippen LogP contribution in [0.25, 0.3) is 0 Å². The number of likely N-dealkylation sites (N-methyl/N-ethyl adjacent to an activating group) is 2. The largest absolute Gasteiger partial charge is 0.384 e. The maximum absolute atomic E-state index is 5.56. The van der Waals surface area contributed by atoms with Gasteiger partial charge in [-0.1, -0.05) is 0 Å². The average Bonchev–Trinajstić information content (AvgIpc) is 2.14. The fourth-order valence-electron chi connectivity index (χ4n) is 0.996. The van der Waals surface area contributed by atoms with Crippen molar-refractivity contribution in [3.05, 3.63) is 12.3 Å². The van der Waals surface area contributed by atoms with Gasteiger partial charge in [0.2, 0.25) is 5.95 Å². The van der Waals surface area contributed by atoms with E-state index in [0.717, 1.165) is 13.1 Å². The SMILES string of the molecule is CN(C)CCN(C)c1nccc(N)n1. The Balaban J connectivity index is 2.56. The number of aromatic nitrogens is 2. The molecular weight excluding hydrogens is 178 g/mol. The number of nitrogens with zero attached hydrogens (tertiary/aromatic N) is 4. The van der Waals surface area contributed by atoms with E-state index in [-0.39, 0.29) is 0 Å². The molecule has 0 aromatic carbocycles. The third-order valence-corrected chi connectivity index (χ3v) is 1.89. The van der Waals surface area contributed by atoms with Gasteiger partial charge in [0.25, 0.3) is 0 Å². The molecule has 0 fully saturated rings. The van der Waals surface area contributed by atoms with E-state index >= 15 is 0 Å². The molecule has 0 aliphatic heterocycles. The molecule has 1 heterocycles. The van der Waals surface area contributed by atoms with Crippen LogP contribution < -0.4 is 10.6 Å². The van der Waals surface area contributed by atoms with Crippen LogP contribution in [0.2, 0.25) is 0 Å². The zero-order valence-corrected chi connectivity index (χ0v) is 8.94. The summed E-state index contributed by atoms with van der Waals surface area (Å²) in [6.45, 7) is 1.85.